The molecule has 1 aliphatic heterocycles. The average Bonchev–Trinajstić information content (AvgIpc) is 3.24. The number of piperidine rings is 1. The molecule has 1 atom stereocenters. The minimum absolute atomic E-state index is 0.0187. The molecule has 2 radical (unpaired) electrons. The van der Waals surface area contributed by atoms with Crippen molar-refractivity contribution in [3.05, 3.63) is 71.6 Å². The third-order valence-corrected chi connectivity index (χ3v) is 8.38. The number of fused-ring (bicyclic) bond motifs is 1. The molecule has 11 heteroatoms. The summed E-state index contributed by atoms with van der Waals surface area (Å²) in [5.41, 5.74) is 2.34. The number of halogens is 2. The minimum atomic E-state index is -3.92. The number of nitrogens with one attached hydrogen (secondary N) is 1. The van der Waals surface area contributed by atoms with Crippen molar-refractivity contribution in [2.75, 3.05) is 25.0 Å². The van der Waals surface area contributed by atoms with Gasteiger partial charge in [-0.15, -0.1) is 0 Å². The Hall–Kier alpha value is -2.95. The lowest BCUT2D eigenvalue weighted by Crippen LogP contribution is -2.42. The van der Waals surface area contributed by atoms with Crippen LogP contribution in [0.5, 0.6) is 0 Å². The lowest BCUT2D eigenvalue weighted by Gasteiger charge is -2.32. The molecule has 0 spiro atoms. The predicted molar refractivity (Wildman–Crippen MR) is 135 cm³/mol. The number of aromatic nitrogens is 3. The summed E-state index contributed by atoms with van der Waals surface area (Å²) < 4.78 is 43.3. The molecule has 35 heavy (non-hydrogen) atoms. The zero-order valence-corrected chi connectivity index (χ0v) is 20.3. The summed E-state index contributed by atoms with van der Waals surface area (Å²) in [6.07, 6.45) is 3.06. The summed E-state index contributed by atoms with van der Waals surface area (Å²) in [6.45, 7) is 1.14. The zero-order chi connectivity index (χ0) is 24.6. The molecule has 178 valence electrons. The van der Waals surface area contributed by atoms with Gasteiger partial charge >= 0.3 is 0 Å². The number of sulfonamides is 1. The van der Waals surface area contributed by atoms with Gasteiger partial charge in [-0.25, -0.2) is 17.8 Å². The van der Waals surface area contributed by atoms with Crippen molar-refractivity contribution in [2.24, 2.45) is 5.92 Å². The summed E-state index contributed by atoms with van der Waals surface area (Å²) in [5.74, 6) is -0.0591. The first kappa shape index (κ1) is 23.8. The van der Waals surface area contributed by atoms with E-state index in [0.717, 1.165) is 18.1 Å². The van der Waals surface area contributed by atoms with E-state index in [9.17, 15) is 12.8 Å². The molecule has 1 fully saturated rings. The third-order valence-electron chi connectivity index (χ3n) is 6.16. The normalized spacial score (nSPS) is 17.0. The van der Waals surface area contributed by atoms with Gasteiger partial charge in [0.2, 0.25) is 10.0 Å². The van der Waals surface area contributed by atoms with Crippen LogP contribution in [-0.4, -0.2) is 54.8 Å². The van der Waals surface area contributed by atoms with Crippen molar-refractivity contribution >= 4 is 46.4 Å². The van der Waals surface area contributed by atoms with Crippen LogP contribution < -0.4 is 10.8 Å². The summed E-state index contributed by atoms with van der Waals surface area (Å²) in [6, 6.07) is 14.7. The fourth-order valence-corrected chi connectivity index (χ4v) is 6.22. The maximum atomic E-state index is 14.2. The van der Waals surface area contributed by atoms with Gasteiger partial charge in [0, 0.05) is 42.5 Å². The van der Waals surface area contributed by atoms with Crippen LogP contribution in [0.25, 0.3) is 16.9 Å². The molecule has 7 nitrogen and oxygen atoms in total. The molecule has 2 aromatic heterocycles. The highest BCUT2D eigenvalue weighted by molar-refractivity contribution is 7.89. The van der Waals surface area contributed by atoms with Gasteiger partial charge in [-0.1, -0.05) is 41.9 Å². The first-order valence-electron chi connectivity index (χ1n) is 11.2. The highest BCUT2D eigenvalue weighted by atomic mass is 35.5. The number of benzene rings is 2. The topological polar surface area (TPSA) is 79.6 Å². The lowest BCUT2D eigenvalue weighted by molar-refractivity contribution is 0.274. The van der Waals surface area contributed by atoms with E-state index in [1.165, 1.54) is 28.7 Å². The monoisotopic (exact) mass is 509 g/mol. The summed E-state index contributed by atoms with van der Waals surface area (Å²) in [5, 5.41) is 8.28. The number of nitrogens with zero attached hydrogens (tertiary/aromatic N) is 4. The van der Waals surface area contributed by atoms with Gasteiger partial charge in [0.1, 0.15) is 24.4 Å². The second kappa shape index (κ2) is 9.60. The second-order valence-corrected chi connectivity index (χ2v) is 10.8. The van der Waals surface area contributed by atoms with E-state index in [-0.39, 0.29) is 17.4 Å². The third kappa shape index (κ3) is 4.65. The van der Waals surface area contributed by atoms with Gasteiger partial charge in [0.25, 0.3) is 0 Å². The van der Waals surface area contributed by atoms with Crippen LogP contribution in [0.4, 0.5) is 10.2 Å². The quantitative estimate of drug-likeness (QED) is 0.403. The number of rotatable bonds is 6. The molecule has 1 N–H and O–H groups in total. The molecule has 0 amide bonds. The molecule has 3 heterocycles. The van der Waals surface area contributed by atoms with Crippen molar-refractivity contribution < 1.29 is 12.8 Å². The predicted octanol–water partition coefficient (Wildman–Crippen LogP) is 3.50. The molecule has 1 aliphatic rings. The molecule has 1 unspecified atom stereocenters. The van der Waals surface area contributed by atoms with E-state index < -0.39 is 15.8 Å². The first-order valence-corrected chi connectivity index (χ1v) is 13.0. The number of anilines is 1. The maximum absolute atomic E-state index is 14.2. The number of hydrogen-bond acceptors (Lipinski definition) is 5. The first-order chi connectivity index (χ1) is 16.8. The zero-order valence-electron chi connectivity index (χ0n) is 18.7. The van der Waals surface area contributed by atoms with E-state index in [1.807, 2.05) is 24.3 Å². The van der Waals surface area contributed by atoms with Crippen molar-refractivity contribution in [1.82, 2.24) is 18.9 Å². The van der Waals surface area contributed by atoms with Gasteiger partial charge in [-0.3, -0.25) is 0 Å². The van der Waals surface area contributed by atoms with Gasteiger partial charge in [-0.2, -0.15) is 13.9 Å². The summed E-state index contributed by atoms with van der Waals surface area (Å²) >= 11 is 6.39. The molecular formula is C24H22BClFN5O2S. The van der Waals surface area contributed by atoms with Crippen LogP contribution in [0.2, 0.25) is 5.02 Å². The molecule has 0 aliphatic carbocycles. The highest BCUT2D eigenvalue weighted by Gasteiger charge is 2.32. The molecule has 2 aromatic carbocycles. The summed E-state index contributed by atoms with van der Waals surface area (Å²) in [4.78, 5) is 4.34. The molecule has 5 rings (SSSR count). The van der Waals surface area contributed by atoms with E-state index in [2.05, 4.69) is 15.4 Å². The molecular weight excluding hydrogens is 488 g/mol. The number of hydrogen-bond donors (Lipinski definition) is 1. The average molecular weight is 510 g/mol. The van der Waals surface area contributed by atoms with Crippen LogP contribution >= 0.6 is 11.6 Å². The smallest absolute Gasteiger partial charge is 0.245 e. The standard InChI is InChI=1S/C24H22BClFN5O2S/c25-18-14-29-32-23(12-21(30-24(18)32)17-7-1-2-8-19(17)26)28-13-16-6-5-11-31(15-16)35(33,34)22-10-4-3-9-20(22)27/h1-4,7-10,12,14,16,28H,5-6,11,13,15H2. The van der Waals surface area contributed by atoms with E-state index >= 15 is 0 Å². The molecule has 0 bridgehead atoms. The lowest BCUT2D eigenvalue weighted by atomic mass is 9.99. The Morgan fingerprint density at radius 3 is 2.74 bits per heavy atom. The van der Waals surface area contributed by atoms with Gasteiger partial charge in [0.15, 0.2) is 5.65 Å². The Labute approximate surface area is 209 Å². The fourth-order valence-electron chi connectivity index (χ4n) is 4.37. The van der Waals surface area contributed by atoms with Gasteiger partial charge in [-0.05, 0) is 42.4 Å². The Balaban J connectivity index is 1.39. The van der Waals surface area contributed by atoms with Crippen molar-refractivity contribution in [3.8, 4) is 11.3 Å². The Bertz CT molecular complexity index is 1500. The fraction of sp³-hybridized carbons (Fsp3) is 0.250. The van der Waals surface area contributed by atoms with Crippen molar-refractivity contribution in [3.63, 3.8) is 0 Å². The Morgan fingerprint density at radius 2 is 1.94 bits per heavy atom. The Morgan fingerprint density at radius 1 is 1.17 bits per heavy atom. The second-order valence-electron chi connectivity index (χ2n) is 8.52. The molecule has 0 saturated carbocycles. The van der Waals surface area contributed by atoms with Gasteiger partial charge < -0.3 is 5.32 Å². The molecule has 1 saturated heterocycles. The summed E-state index contributed by atoms with van der Waals surface area (Å²) in [7, 11) is 2.18. The van der Waals surface area contributed by atoms with Crippen LogP contribution in [-0.2, 0) is 10.0 Å². The van der Waals surface area contributed by atoms with Crippen LogP contribution in [0.15, 0.2) is 65.7 Å². The highest BCUT2D eigenvalue weighted by Crippen LogP contribution is 2.29. The van der Waals surface area contributed by atoms with Crippen LogP contribution in [0.3, 0.4) is 0 Å². The van der Waals surface area contributed by atoms with Crippen LogP contribution in [0.1, 0.15) is 12.8 Å². The van der Waals surface area contributed by atoms with E-state index in [1.54, 1.807) is 10.6 Å². The SMILES string of the molecule is [B]c1cnn2c(NCC3CCCN(S(=O)(=O)c4ccccc4F)C3)cc(-c3ccccc3Cl)nc12. The van der Waals surface area contributed by atoms with E-state index in [4.69, 9.17) is 19.4 Å². The van der Waals surface area contributed by atoms with E-state index in [0.29, 0.717) is 47.2 Å². The molecule has 4 aromatic rings. The minimum Gasteiger partial charge on any atom is -0.370 e. The maximum Gasteiger partial charge on any atom is 0.245 e. The Kier molecular flexibility index (Phi) is 6.52. The van der Waals surface area contributed by atoms with Crippen molar-refractivity contribution in [1.29, 1.82) is 0 Å². The largest absolute Gasteiger partial charge is 0.370 e. The van der Waals surface area contributed by atoms with Crippen LogP contribution in [0, 0.1) is 11.7 Å². The van der Waals surface area contributed by atoms with Gasteiger partial charge in [0.05, 0.1) is 5.69 Å². The van der Waals surface area contributed by atoms with Crippen molar-refractivity contribution in [2.45, 2.75) is 17.7 Å².